The van der Waals surface area contributed by atoms with Crippen LogP contribution in [-0.2, 0) is 19.7 Å². The van der Waals surface area contributed by atoms with Gasteiger partial charge in [-0.3, -0.25) is 4.98 Å². The van der Waals surface area contributed by atoms with E-state index in [9.17, 15) is 0 Å². The molecule has 23 heavy (non-hydrogen) atoms. The third-order valence-electron chi connectivity index (χ3n) is 3.27. The molecule has 0 radical (unpaired) electrons. The second-order valence-electron chi connectivity index (χ2n) is 4.98. The highest BCUT2D eigenvalue weighted by molar-refractivity contribution is 7.09. The standard InChI is InChI=1S/C18H18N2OS.ClH/c1-3-16(12-19-9-1)13-20-11-15-5-7-17(8-6-15)21-14-18-4-2-10-22-18;/h1-10,12,20H,11,13-14H2;1H/p-1. The summed E-state index contributed by atoms with van der Waals surface area (Å²) < 4.78 is 5.76. The Balaban J connectivity index is 0.00000192. The Labute approximate surface area is 146 Å². The van der Waals surface area contributed by atoms with Crippen LogP contribution in [0.2, 0.25) is 0 Å². The molecule has 5 heteroatoms. The predicted octanol–water partition coefficient (Wildman–Crippen LogP) is 1.02. The number of ether oxygens (including phenoxy) is 1. The van der Waals surface area contributed by atoms with E-state index in [1.54, 1.807) is 17.5 Å². The third kappa shape index (κ3) is 5.67. The molecule has 120 valence electrons. The first kappa shape index (κ1) is 17.5. The van der Waals surface area contributed by atoms with Crippen molar-refractivity contribution in [3.05, 3.63) is 82.3 Å². The first-order chi connectivity index (χ1) is 10.9. The predicted molar refractivity (Wildman–Crippen MR) is 89.9 cm³/mol. The SMILES string of the molecule is [Cl-].c1cncc(CNCc2ccc(OCc3cccs3)cc2)c1. The van der Waals surface area contributed by atoms with Gasteiger partial charge in [0.15, 0.2) is 0 Å². The lowest BCUT2D eigenvalue weighted by molar-refractivity contribution is -0.00000480. The largest absolute Gasteiger partial charge is 1.00 e. The third-order valence-corrected chi connectivity index (χ3v) is 4.12. The van der Waals surface area contributed by atoms with Crippen molar-refractivity contribution in [2.75, 3.05) is 0 Å². The van der Waals surface area contributed by atoms with Gasteiger partial charge in [0, 0.05) is 30.4 Å². The number of nitrogens with one attached hydrogen (secondary N) is 1. The van der Waals surface area contributed by atoms with E-state index in [2.05, 4.69) is 39.9 Å². The normalized spacial score (nSPS) is 10.1. The average Bonchev–Trinajstić information content (AvgIpc) is 3.09. The van der Waals surface area contributed by atoms with Crippen molar-refractivity contribution in [1.82, 2.24) is 10.3 Å². The van der Waals surface area contributed by atoms with Gasteiger partial charge in [0.1, 0.15) is 12.4 Å². The summed E-state index contributed by atoms with van der Waals surface area (Å²) in [6.45, 7) is 2.29. The Kier molecular flexibility index (Phi) is 7.07. The molecule has 0 bridgehead atoms. The van der Waals surface area contributed by atoms with E-state index in [1.165, 1.54) is 16.0 Å². The molecule has 0 unspecified atom stereocenters. The first-order valence-corrected chi connectivity index (χ1v) is 8.12. The van der Waals surface area contributed by atoms with Crippen molar-refractivity contribution in [3.63, 3.8) is 0 Å². The van der Waals surface area contributed by atoms with Gasteiger partial charge < -0.3 is 22.5 Å². The topological polar surface area (TPSA) is 34.2 Å². The average molecular weight is 346 g/mol. The van der Waals surface area contributed by atoms with Gasteiger partial charge in [-0.05, 0) is 40.8 Å². The zero-order valence-corrected chi connectivity index (χ0v) is 14.2. The number of halogens is 1. The molecule has 0 saturated carbocycles. The zero-order chi connectivity index (χ0) is 15.0. The van der Waals surface area contributed by atoms with Crippen molar-refractivity contribution in [2.24, 2.45) is 0 Å². The lowest BCUT2D eigenvalue weighted by atomic mass is 10.2. The molecule has 3 nitrogen and oxygen atoms in total. The van der Waals surface area contributed by atoms with E-state index < -0.39 is 0 Å². The molecule has 1 aromatic carbocycles. The molecule has 0 aliphatic heterocycles. The summed E-state index contributed by atoms with van der Waals surface area (Å²) in [6, 6.07) is 16.4. The summed E-state index contributed by atoms with van der Waals surface area (Å²) in [7, 11) is 0. The number of hydrogen-bond donors (Lipinski definition) is 1. The van der Waals surface area contributed by atoms with Crippen LogP contribution in [0.4, 0.5) is 0 Å². The van der Waals surface area contributed by atoms with Crippen molar-refractivity contribution < 1.29 is 17.1 Å². The molecule has 0 aliphatic rings. The van der Waals surface area contributed by atoms with Crippen LogP contribution in [-0.4, -0.2) is 4.98 Å². The van der Waals surface area contributed by atoms with Crippen LogP contribution in [0.5, 0.6) is 5.75 Å². The summed E-state index contributed by atoms with van der Waals surface area (Å²) >= 11 is 1.71. The van der Waals surface area contributed by atoms with E-state index in [1.807, 2.05) is 30.5 Å². The summed E-state index contributed by atoms with van der Waals surface area (Å²) in [6.07, 6.45) is 3.67. The van der Waals surface area contributed by atoms with Crippen molar-refractivity contribution in [1.29, 1.82) is 0 Å². The minimum atomic E-state index is 0. The lowest BCUT2D eigenvalue weighted by Crippen LogP contribution is -3.00. The number of benzene rings is 1. The fraction of sp³-hybridized carbons (Fsp3) is 0.167. The maximum Gasteiger partial charge on any atom is 0.122 e. The second-order valence-corrected chi connectivity index (χ2v) is 6.01. The van der Waals surface area contributed by atoms with Crippen molar-refractivity contribution >= 4 is 11.3 Å². The van der Waals surface area contributed by atoms with Crippen molar-refractivity contribution in [2.45, 2.75) is 19.7 Å². The number of pyridine rings is 1. The maximum absolute atomic E-state index is 5.76. The molecule has 2 heterocycles. The fourth-order valence-electron chi connectivity index (χ4n) is 2.11. The number of aromatic nitrogens is 1. The summed E-state index contributed by atoms with van der Waals surface area (Å²) in [5, 5.41) is 5.48. The van der Waals surface area contributed by atoms with E-state index in [0.29, 0.717) is 6.61 Å². The molecule has 3 aromatic rings. The number of thiophene rings is 1. The van der Waals surface area contributed by atoms with Crippen molar-refractivity contribution in [3.8, 4) is 5.75 Å². The molecular formula is C18H18ClN2OS-. The molecule has 0 atom stereocenters. The van der Waals surface area contributed by atoms with Crippen LogP contribution in [0.3, 0.4) is 0 Å². The molecule has 0 aliphatic carbocycles. The number of rotatable bonds is 7. The Hall–Kier alpha value is -1.88. The second kappa shape index (κ2) is 9.30. The van der Waals surface area contributed by atoms with Crippen LogP contribution >= 0.6 is 11.3 Å². The van der Waals surface area contributed by atoms with Crippen LogP contribution in [0.25, 0.3) is 0 Å². The molecular weight excluding hydrogens is 328 g/mol. The van der Waals surface area contributed by atoms with Gasteiger partial charge in [0.05, 0.1) is 0 Å². The Morgan fingerprint density at radius 1 is 0.957 bits per heavy atom. The van der Waals surface area contributed by atoms with Gasteiger partial charge in [0.25, 0.3) is 0 Å². The van der Waals surface area contributed by atoms with Crippen LogP contribution in [0.1, 0.15) is 16.0 Å². The summed E-state index contributed by atoms with van der Waals surface area (Å²) in [4.78, 5) is 5.35. The van der Waals surface area contributed by atoms with Gasteiger partial charge in [0.2, 0.25) is 0 Å². The smallest absolute Gasteiger partial charge is 0.122 e. The van der Waals surface area contributed by atoms with E-state index in [4.69, 9.17) is 4.74 Å². The molecule has 0 saturated heterocycles. The van der Waals surface area contributed by atoms with E-state index in [0.717, 1.165) is 18.8 Å². The van der Waals surface area contributed by atoms with Gasteiger partial charge in [-0.25, -0.2) is 0 Å². The van der Waals surface area contributed by atoms with Gasteiger partial charge >= 0.3 is 0 Å². The highest BCUT2D eigenvalue weighted by atomic mass is 35.5. The van der Waals surface area contributed by atoms with Crippen LogP contribution in [0.15, 0.2) is 66.3 Å². The molecule has 0 spiro atoms. The minimum absolute atomic E-state index is 0. The summed E-state index contributed by atoms with van der Waals surface area (Å²) in [5.41, 5.74) is 2.44. The monoisotopic (exact) mass is 345 g/mol. The Morgan fingerprint density at radius 2 is 1.78 bits per heavy atom. The molecule has 0 amide bonds. The fourth-order valence-corrected chi connectivity index (χ4v) is 2.72. The van der Waals surface area contributed by atoms with Crippen LogP contribution < -0.4 is 22.5 Å². The van der Waals surface area contributed by atoms with Gasteiger partial charge in [-0.2, -0.15) is 0 Å². The number of hydrogen-bond acceptors (Lipinski definition) is 4. The molecule has 0 fully saturated rings. The van der Waals surface area contributed by atoms with E-state index >= 15 is 0 Å². The van der Waals surface area contributed by atoms with Gasteiger partial charge in [-0.1, -0.05) is 24.3 Å². The molecule has 1 N–H and O–H groups in total. The lowest BCUT2D eigenvalue weighted by Gasteiger charge is -2.07. The minimum Gasteiger partial charge on any atom is -1.00 e. The Morgan fingerprint density at radius 3 is 2.48 bits per heavy atom. The highest BCUT2D eigenvalue weighted by Crippen LogP contribution is 2.16. The quantitative estimate of drug-likeness (QED) is 0.694. The molecule has 2 aromatic heterocycles. The first-order valence-electron chi connectivity index (χ1n) is 7.24. The zero-order valence-electron chi connectivity index (χ0n) is 12.6. The summed E-state index contributed by atoms with van der Waals surface area (Å²) in [5.74, 6) is 0.907. The molecule has 3 rings (SSSR count). The van der Waals surface area contributed by atoms with E-state index in [-0.39, 0.29) is 12.4 Å². The highest BCUT2D eigenvalue weighted by Gasteiger charge is 1.98. The van der Waals surface area contributed by atoms with Crippen LogP contribution in [0, 0.1) is 0 Å². The van der Waals surface area contributed by atoms with Gasteiger partial charge in [-0.15, -0.1) is 11.3 Å². The number of nitrogens with zero attached hydrogens (tertiary/aromatic N) is 1. The maximum atomic E-state index is 5.76. The Bertz CT molecular complexity index is 672.